The van der Waals surface area contributed by atoms with Crippen molar-refractivity contribution in [3.63, 3.8) is 0 Å². The van der Waals surface area contributed by atoms with Gasteiger partial charge in [0.25, 0.3) is 5.91 Å². The van der Waals surface area contributed by atoms with Gasteiger partial charge in [-0.2, -0.15) is 5.26 Å². The minimum atomic E-state index is -0.368. The molecule has 5 nitrogen and oxygen atoms in total. The predicted octanol–water partition coefficient (Wildman–Crippen LogP) is 1.56. The molecular weight excluding hydrogens is 232 g/mol. The van der Waals surface area contributed by atoms with E-state index in [1.165, 1.54) is 6.92 Å². The molecule has 1 aromatic carbocycles. The molecule has 0 aliphatic carbocycles. The van der Waals surface area contributed by atoms with Gasteiger partial charge in [0.1, 0.15) is 0 Å². The average Bonchev–Trinajstić information content (AvgIpc) is 2.39. The molecule has 0 radical (unpaired) electrons. The van der Waals surface area contributed by atoms with Crippen molar-refractivity contribution in [2.24, 2.45) is 0 Å². The zero-order chi connectivity index (χ0) is 13.4. The highest BCUT2D eigenvalue weighted by Crippen LogP contribution is 2.04. The van der Waals surface area contributed by atoms with E-state index in [2.05, 4.69) is 0 Å². The zero-order valence-electron chi connectivity index (χ0n) is 10.1. The molecule has 0 N–H and O–H groups in total. The molecule has 1 rings (SSSR count). The Hall–Kier alpha value is -2.35. The molecule has 0 bridgehead atoms. The minimum absolute atomic E-state index is 0.204. The molecule has 0 fully saturated rings. The second-order valence-corrected chi connectivity index (χ2v) is 3.62. The van der Waals surface area contributed by atoms with E-state index in [-0.39, 0.29) is 25.0 Å². The summed E-state index contributed by atoms with van der Waals surface area (Å²) in [4.78, 5) is 23.5. The number of hydrogen-bond donors (Lipinski definition) is 0. The second kappa shape index (κ2) is 7.07. The molecule has 18 heavy (non-hydrogen) atoms. The number of esters is 1. The molecule has 0 saturated carbocycles. The maximum atomic E-state index is 11.9. The normalized spacial score (nSPS) is 9.33. The van der Waals surface area contributed by atoms with Crippen LogP contribution in [-0.2, 0) is 9.53 Å². The standard InChI is InChI=1S/C13H14N2O3/c1-11(16)18-9-5-8-15(10-14)13(17)12-6-3-2-4-7-12/h2-4,6-7H,5,8-9H2,1H3. The highest BCUT2D eigenvalue weighted by Gasteiger charge is 2.14. The van der Waals surface area contributed by atoms with Crippen LogP contribution in [0.3, 0.4) is 0 Å². The molecule has 0 atom stereocenters. The number of rotatable bonds is 5. The van der Waals surface area contributed by atoms with Gasteiger partial charge in [-0.05, 0) is 12.1 Å². The first-order valence-electron chi connectivity index (χ1n) is 5.55. The van der Waals surface area contributed by atoms with Crippen molar-refractivity contribution in [2.45, 2.75) is 13.3 Å². The molecule has 0 aromatic heterocycles. The fourth-order valence-electron chi connectivity index (χ4n) is 1.37. The van der Waals surface area contributed by atoms with Crippen LogP contribution in [0.1, 0.15) is 23.7 Å². The summed E-state index contributed by atoms with van der Waals surface area (Å²) in [5.41, 5.74) is 0.464. The van der Waals surface area contributed by atoms with Gasteiger partial charge in [-0.25, -0.2) is 4.90 Å². The lowest BCUT2D eigenvalue weighted by atomic mass is 10.2. The fraction of sp³-hybridized carbons (Fsp3) is 0.308. The van der Waals surface area contributed by atoms with Crippen LogP contribution in [0.15, 0.2) is 30.3 Å². The SMILES string of the molecule is CC(=O)OCCCN(C#N)C(=O)c1ccccc1. The Kier molecular flexibility index (Phi) is 5.39. The predicted molar refractivity (Wildman–Crippen MR) is 64.3 cm³/mol. The van der Waals surface area contributed by atoms with Gasteiger partial charge in [0.15, 0.2) is 6.19 Å². The van der Waals surface area contributed by atoms with Gasteiger partial charge in [-0.15, -0.1) is 0 Å². The van der Waals surface area contributed by atoms with Crippen molar-refractivity contribution in [1.29, 1.82) is 5.26 Å². The van der Waals surface area contributed by atoms with Crippen molar-refractivity contribution in [1.82, 2.24) is 4.90 Å². The number of ether oxygens (including phenoxy) is 1. The molecule has 1 amide bonds. The summed E-state index contributed by atoms with van der Waals surface area (Å²) in [7, 11) is 0. The van der Waals surface area contributed by atoms with Crippen LogP contribution in [-0.4, -0.2) is 29.9 Å². The Morgan fingerprint density at radius 1 is 1.33 bits per heavy atom. The Balaban J connectivity index is 2.49. The van der Waals surface area contributed by atoms with E-state index in [0.717, 1.165) is 4.90 Å². The van der Waals surface area contributed by atoms with Crippen LogP contribution in [0.25, 0.3) is 0 Å². The lowest BCUT2D eigenvalue weighted by molar-refractivity contribution is -0.141. The summed E-state index contributed by atoms with van der Waals surface area (Å²) in [5, 5.41) is 8.91. The van der Waals surface area contributed by atoms with Gasteiger partial charge >= 0.3 is 5.97 Å². The van der Waals surface area contributed by atoms with Crippen molar-refractivity contribution in [3.8, 4) is 6.19 Å². The van der Waals surface area contributed by atoms with Crippen LogP contribution in [0.5, 0.6) is 0 Å². The summed E-state index contributed by atoms with van der Waals surface area (Å²) in [5.74, 6) is -0.714. The monoisotopic (exact) mass is 246 g/mol. The maximum Gasteiger partial charge on any atom is 0.302 e. The lowest BCUT2D eigenvalue weighted by Gasteiger charge is -2.13. The molecule has 0 unspecified atom stereocenters. The molecule has 0 heterocycles. The van der Waals surface area contributed by atoms with Crippen molar-refractivity contribution >= 4 is 11.9 Å². The zero-order valence-corrected chi connectivity index (χ0v) is 10.1. The van der Waals surface area contributed by atoms with Crippen molar-refractivity contribution < 1.29 is 14.3 Å². The molecule has 0 spiro atoms. The van der Waals surface area contributed by atoms with E-state index in [1.807, 2.05) is 6.19 Å². The van der Waals surface area contributed by atoms with Gasteiger partial charge in [0.05, 0.1) is 6.61 Å². The van der Waals surface area contributed by atoms with E-state index in [9.17, 15) is 9.59 Å². The number of amides is 1. The highest BCUT2D eigenvalue weighted by molar-refractivity contribution is 5.95. The Morgan fingerprint density at radius 3 is 2.56 bits per heavy atom. The third kappa shape index (κ3) is 4.26. The van der Waals surface area contributed by atoms with Crippen LogP contribution < -0.4 is 0 Å². The van der Waals surface area contributed by atoms with E-state index >= 15 is 0 Å². The lowest BCUT2D eigenvalue weighted by Crippen LogP contribution is -2.28. The summed E-state index contributed by atoms with van der Waals surface area (Å²) >= 11 is 0. The van der Waals surface area contributed by atoms with E-state index < -0.39 is 0 Å². The van der Waals surface area contributed by atoms with Crippen LogP contribution in [0, 0.1) is 11.5 Å². The van der Waals surface area contributed by atoms with E-state index in [4.69, 9.17) is 10.00 Å². The fourth-order valence-corrected chi connectivity index (χ4v) is 1.37. The molecule has 0 aliphatic heterocycles. The first-order chi connectivity index (χ1) is 8.65. The quantitative estimate of drug-likeness (QED) is 0.342. The topological polar surface area (TPSA) is 70.4 Å². The molecule has 1 aromatic rings. The Labute approximate surface area is 106 Å². The van der Waals surface area contributed by atoms with Gasteiger partial charge < -0.3 is 4.74 Å². The summed E-state index contributed by atoms with van der Waals surface area (Å²) in [6, 6.07) is 8.58. The van der Waals surface area contributed by atoms with Crippen molar-refractivity contribution in [3.05, 3.63) is 35.9 Å². The maximum absolute atomic E-state index is 11.9. The minimum Gasteiger partial charge on any atom is -0.466 e. The molecule has 94 valence electrons. The number of carbonyl (C=O) groups is 2. The van der Waals surface area contributed by atoms with Gasteiger partial charge in [-0.1, -0.05) is 18.2 Å². The van der Waals surface area contributed by atoms with Gasteiger partial charge in [-0.3, -0.25) is 9.59 Å². The number of hydrogen-bond acceptors (Lipinski definition) is 4. The molecule has 0 aliphatic rings. The highest BCUT2D eigenvalue weighted by atomic mass is 16.5. The second-order valence-electron chi connectivity index (χ2n) is 3.62. The molecular formula is C13H14N2O3. The molecule has 0 saturated heterocycles. The van der Waals surface area contributed by atoms with Gasteiger partial charge in [0, 0.05) is 25.5 Å². The Morgan fingerprint density at radius 2 is 2.00 bits per heavy atom. The average molecular weight is 246 g/mol. The van der Waals surface area contributed by atoms with Crippen LogP contribution in [0.2, 0.25) is 0 Å². The smallest absolute Gasteiger partial charge is 0.302 e. The van der Waals surface area contributed by atoms with Gasteiger partial charge in [0.2, 0.25) is 0 Å². The van der Waals surface area contributed by atoms with Crippen LogP contribution >= 0.6 is 0 Å². The van der Waals surface area contributed by atoms with Crippen molar-refractivity contribution in [2.75, 3.05) is 13.2 Å². The summed E-state index contributed by atoms with van der Waals surface area (Å²) in [6.45, 7) is 1.75. The summed E-state index contributed by atoms with van der Waals surface area (Å²) in [6.07, 6.45) is 2.27. The van der Waals surface area contributed by atoms with Crippen LogP contribution in [0.4, 0.5) is 0 Å². The number of nitriles is 1. The third-order valence-electron chi connectivity index (χ3n) is 2.22. The van der Waals surface area contributed by atoms with E-state index in [1.54, 1.807) is 30.3 Å². The third-order valence-corrected chi connectivity index (χ3v) is 2.22. The molecule has 5 heteroatoms. The Bertz CT molecular complexity index is 451. The summed E-state index contributed by atoms with van der Waals surface area (Å²) < 4.78 is 4.74. The van der Waals surface area contributed by atoms with E-state index in [0.29, 0.717) is 12.0 Å². The first-order valence-corrected chi connectivity index (χ1v) is 5.55. The number of nitrogens with zero attached hydrogens (tertiary/aromatic N) is 2. The first kappa shape index (κ1) is 13.7. The number of benzene rings is 1. The number of carbonyl (C=O) groups excluding carboxylic acids is 2. The largest absolute Gasteiger partial charge is 0.466 e.